The van der Waals surface area contributed by atoms with Gasteiger partial charge in [0.05, 0.1) is 10.9 Å². The zero-order valence-corrected chi connectivity index (χ0v) is 25.4. The number of hydrogen-bond acceptors (Lipinski definition) is 3. The monoisotopic (exact) mass is 636 g/mol. The first-order chi connectivity index (χ1) is 17.5. The molecule has 0 fully saturated rings. The molecule has 0 spiro atoms. The Kier molecular flexibility index (Phi) is 11.9. The first kappa shape index (κ1) is 31.9. The molecular weight excluding hydrogens is 601 g/mol. The quantitative estimate of drug-likeness (QED) is 0.128. The summed E-state index contributed by atoms with van der Waals surface area (Å²) < 4.78 is 28.9. The van der Waals surface area contributed by atoms with Crippen LogP contribution < -0.4 is 10.5 Å². The zero-order chi connectivity index (χ0) is 27.1. The Morgan fingerprint density at radius 1 is 0.737 bits per heavy atom. The van der Waals surface area contributed by atoms with Crippen LogP contribution in [-0.4, -0.2) is 8.42 Å². The summed E-state index contributed by atoms with van der Waals surface area (Å²) in [4.78, 5) is -1.38. The SMILES string of the molecule is Cc1ccc(C(C)C)cc1.Cc1ccccc1S(=O)(=O)N[C@](Cl)(c1ccccc1)[C@H](N)c1ccccc1.[Ru]. The third kappa shape index (κ3) is 8.08. The minimum atomic E-state index is -3.91. The number of halogens is 1. The van der Waals surface area contributed by atoms with Crippen molar-refractivity contribution in [2.45, 2.75) is 49.5 Å². The summed E-state index contributed by atoms with van der Waals surface area (Å²) in [5.41, 5.74) is 11.2. The van der Waals surface area contributed by atoms with Gasteiger partial charge in [0, 0.05) is 19.5 Å². The van der Waals surface area contributed by atoms with Crippen LogP contribution in [0.2, 0.25) is 0 Å². The summed E-state index contributed by atoms with van der Waals surface area (Å²) in [6.45, 7) is 8.28. The molecule has 4 aromatic carbocycles. The van der Waals surface area contributed by atoms with Crippen LogP contribution in [-0.2, 0) is 34.5 Å². The van der Waals surface area contributed by atoms with Crippen molar-refractivity contribution >= 4 is 21.6 Å². The van der Waals surface area contributed by atoms with Gasteiger partial charge in [-0.3, -0.25) is 0 Å². The van der Waals surface area contributed by atoms with Gasteiger partial charge in [-0.25, -0.2) is 8.42 Å². The molecule has 38 heavy (non-hydrogen) atoms. The summed E-state index contributed by atoms with van der Waals surface area (Å²) in [5, 5.41) is 0. The van der Waals surface area contributed by atoms with Crippen LogP contribution in [0.1, 0.15) is 53.6 Å². The van der Waals surface area contributed by atoms with E-state index in [1.54, 1.807) is 55.5 Å². The van der Waals surface area contributed by atoms with Gasteiger partial charge in [0.2, 0.25) is 10.0 Å². The van der Waals surface area contributed by atoms with Gasteiger partial charge < -0.3 is 5.73 Å². The van der Waals surface area contributed by atoms with Crippen LogP contribution in [0.5, 0.6) is 0 Å². The van der Waals surface area contributed by atoms with E-state index in [9.17, 15) is 8.42 Å². The van der Waals surface area contributed by atoms with Crippen LogP contribution in [0.15, 0.2) is 114 Å². The number of aryl methyl sites for hydroxylation is 2. The number of sulfonamides is 1. The van der Waals surface area contributed by atoms with E-state index in [-0.39, 0.29) is 24.4 Å². The normalized spacial score (nSPS) is 13.4. The summed E-state index contributed by atoms with van der Waals surface area (Å²) in [5.74, 6) is 0.653. The summed E-state index contributed by atoms with van der Waals surface area (Å²) in [7, 11) is -3.91. The van der Waals surface area contributed by atoms with Crippen molar-refractivity contribution in [1.29, 1.82) is 0 Å². The maximum Gasteiger partial charge on any atom is 0.242 e. The van der Waals surface area contributed by atoms with Crippen molar-refractivity contribution in [3.63, 3.8) is 0 Å². The smallest absolute Gasteiger partial charge is 0.242 e. The molecule has 4 aromatic rings. The fourth-order valence-electron chi connectivity index (χ4n) is 3.93. The molecule has 0 unspecified atom stereocenters. The van der Waals surface area contributed by atoms with Gasteiger partial charge in [0.15, 0.2) is 5.00 Å². The fourth-order valence-corrected chi connectivity index (χ4v) is 5.98. The van der Waals surface area contributed by atoms with E-state index < -0.39 is 21.1 Å². The maximum atomic E-state index is 13.1. The minimum Gasteiger partial charge on any atom is -0.321 e. The first-order valence-corrected chi connectivity index (χ1v) is 14.1. The van der Waals surface area contributed by atoms with Gasteiger partial charge in [-0.2, -0.15) is 4.72 Å². The molecule has 3 N–H and O–H groups in total. The van der Waals surface area contributed by atoms with Gasteiger partial charge >= 0.3 is 0 Å². The maximum absolute atomic E-state index is 13.1. The second kappa shape index (κ2) is 14.2. The molecule has 0 saturated carbocycles. The molecule has 0 aliphatic rings. The van der Waals surface area contributed by atoms with E-state index >= 15 is 0 Å². The van der Waals surface area contributed by atoms with Crippen LogP contribution in [0.4, 0.5) is 0 Å². The number of nitrogens with one attached hydrogen (secondary N) is 1. The van der Waals surface area contributed by atoms with E-state index in [4.69, 9.17) is 17.3 Å². The van der Waals surface area contributed by atoms with Crippen molar-refractivity contribution in [2.24, 2.45) is 5.73 Å². The number of hydrogen-bond donors (Lipinski definition) is 2. The Labute approximate surface area is 245 Å². The van der Waals surface area contributed by atoms with E-state index in [0.717, 1.165) is 5.56 Å². The van der Waals surface area contributed by atoms with E-state index in [1.807, 2.05) is 36.4 Å². The largest absolute Gasteiger partial charge is 0.321 e. The molecule has 202 valence electrons. The Morgan fingerprint density at radius 2 is 1.24 bits per heavy atom. The van der Waals surface area contributed by atoms with Crippen LogP contribution >= 0.6 is 11.6 Å². The van der Waals surface area contributed by atoms with Gasteiger partial charge in [-0.15, -0.1) is 0 Å². The number of rotatable bonds is 7. The van der Waals surface area contributed by atoms with Gasteiger partial charge in [0.25, 0.3) is 0 Å². The van der Waals surface area contributed by atoms with Crippen LogP contribution in [0.3, 0.4) is 0 Å². The van der Waals surface area contributed by atoms with Crippen molar-refractivity contribution in [3.8, 4) is 0 Å². The molecule has 7 heteroatoms. The third-order valence-corrected chi connectivity index (χ3v) is 8.48. The molecule has 0 saturated heterocycles. The van der Waals surface area contributed by atoms with Crippen molar-refractivity contribution in [1.82, 2.24) is 4.72 Å². The van der Waals surface area contributed by atoms with Crippen molar-refractivity contribution < 1.29 is 27.9 Å². The van der Waals surface area contributed by atoms with Crippen LogP contribution in [0, 0.1) is 13.8 Å². The molecule has 4 nitrogen and oxygen atoms in total. The second-order valence-electron chi connectivity index (χ2n) is 9.40. The average molecular weight is 636 g/mol. The molecule has 0 radical (unpaired) electrons. The molecule has 0 bridgehead atoms. The van der Waals surface area contributed by atoms with Crippen LogP contribution in [0.25, 0.3) is 0 Å². The predicted octanol–water partition coefficient (Wildman–Crippen LogP) is 7.18. The third-order valence-electron chi connectivity index (χ3n) is 6.19. The van der Waals surface area contributed by atoms with Gasteiger partial charge in [-0.05, 0) is 48.1 Å². The second-order valence-corrected chi connectivity index (χ2v) is 11.6. The molecular formula is C31H35ClN2O2RuS. The molecule has 2 atom stereocenters. The topological polar surface area (TPSA) is 72.2 Å². The molecule has 0 heterocycles. The number of benzene rings is 4. The standard InChI is InChI=1S/C21H21ClN2O2S.C10H14.Ru/c1-16-10-8-9-15-19(16)27(25,26)24-21(22,18-13-6-3-7-14-18)20(23)17-11-4-2-5-12-17;1-8(2)10-6-4-9(3)5-7-10;/h2-15,20,24H,23H2,1H3;4-8H,1-3H3;/t20-,21-;;/m1../s1. The Morgan fingerprint density at radius 3 is 1.76 bits per heavy atom. The van der Waals surface area contributed by atoms with Crippen molar-refractivity contribution in [2.75, 3.05) is 0 Å². The van der Waals surface area contributed by atoms with E-state index in [2.05, 4.69) is 49.8 Å². The molecule has 0 aliphatic carbocycles. The zero-order valence-electron chi connectivity index (χ0n) is 22.1. The summed E-state index contributed by atoms with van der Waals surface area (Å²) in [6, 6.07) is 32.8. The average Bonchev–Trinajstić information content (AvgIpc) is 2.90. The summed E-state index contributed by atoms with van der Waals surface area (Å²) in [6.07, 6.45) is 0. The Balaban J connectivity index is 0.000000389. The first-order valence-electron chi connectivity index (χ1n) is 12.3. The molecule has 4 rings (SSSR count). The molecule has 0 aromatic heterocycles. The molecule has 0 aliphatic heterocycles. The summed E-state index contributed by atoms with van der Waals surface area (Å²) >= 11 is 6.92. The van der Waals surface area contributed by atoms with Gasteiger partial charge in [-0.1, -0.05) is 134 Å². The molecule has 0 amide bonds. The Hall–Kier alpha value is -2.34. The number of alkyl halides is 1. The Bertz CT molecular complexity index is 1380. The predicted molar refractivity (Wildman–Crippen MR) is 154 cm³/mol. The minimum absolute atomic E-state index is 0. The van der Waals surface area contributed by atoms with E-state index in [1.165, 1.54) is 11.1 Å². The van der Waals surface area contributed by atoms with Crippen molar-refractivity contribution in [3.05, 3.63) is 137 Å². The van der Waals surface area contributed by atoms with Gasteiger partial charge in [0.1, 0.15) is 0 Å². The van der Waals surface area contributed by atoms with E-state index in [0.29, 0.717) is 17.0 Å². The fraction of sp³-hybridized carbons (Fsp3) is 0.226. The number of nitrogens with two attached hydrogens (primary N) is 1.